The molecule has 2 rings (SSSR count). The first-order chi connectivity index (χ1) is 9.70. The molecule has 1 atom stereocenters. The van der Waals surface area contributed by atoms with Gasteiger partial charge in [0, 0.05) is 19.6 Å². The highest BCUT2D eigenvalue weighted by Crippen LogP contribution is 2.22. The van der Waals surface area contributed by atoms with E-state index in [0.29, 0.717) is 0 Å². The fourth-order valence-electron chi connectivity index (χ4n) is 2.29. The lowest BCUT2D eigenvalue weighted by molar-refractivity contribution is 0.297. The standard InChI is InChI=1S/C15H24N4O/c1-19(2)14(11-18-15-16-8-5-9-17-15)12-6-4-7-13(10-12)20-3/h4,6-7,10,14H,5,8-9,11H2,1-3H3,(H2,16,17,18). The quantitative estimate of drug-likeness (QED) is 0.849. The van der Waals surface area contributed by atoms with Crippen molar-refractivity contribution in [2.24, 2.45) is 4.99 Å². The molecule has 0 amide bonds. The van der Waals surface area contributed by atoms with Gasteiger partial charge in [-0.1, -0.05) is 12.1 Å². The van der Waals surface area contributed by atoms with Gasteiger partial charge < -0.3 is 20.3 Å². The Labute approximate surface area is 121 Å². The number of methoxy groups -OCH3 is 1. The van der Waals surface area contributed by atoms with E-state index in [0.717, 1.165) is 37.8 Å². The fourth-order valence-corrected chi connectivity index (χ4v) is 2.29. The summed E-state index contributed by atoms with van der Waals surface area (Å²) in [4.78, 5) is 6.64. The maximum absolute atomic E-state index is 5.30. The van der Waals surface area contributed by atoms with Gasteiger partial charge in [0.15, 0.2) is 5.96 Å². The molecule has 0 saturated heterocycles. The predicted molar refractivity (Wildman–Crippen MR) is 82.3 cm³/mol. The number of nitrogens with one attached hydrogen (secondary N) is 2. The lowest BCUT2D eigenvalue weighted by atomic mass is 10.1. The molecule has 20 heavy (non-hydrogen) atoms. The van der Waals surface area contributed by atoms with Crippen LogP contribution in [0.15, 0.2) is 29.3 Å². The number of hydrogen-bond acceptors (Lipinski definition) is 5. The number of guanidine groups is 1. The van der Waals surface area contributed by atoms with Gasteiger partial charge in [0.2, 0.25) is 0 Å². The molecule has 5 heteroatoms. The summed E-state index contributed by atoms with van der Waals surface area (Å²) in [7, 11) is 5.87. The van der Waals surface area contributed by atoms with Crippen molar-refractivity contribution in [2.45, 2.75) is 12.5 Å². The second-order valence-electron chi connectivity index (χ2n) is 5.15. The van der Waals surface area contributed by atoms with Crippen LogP contribution < -0.4 is 15.4 Å². The van der Waals surface area contributed by atoms with Gasteiger partial charge in [-0.3, -0.25) is 4.99 Å². The Morgan fingerprint density at radius 1 is 1.45 bits per heavy atom. The third kappa shape index (κ3) is 3.87. The van der Waals surface area contributed by atoms with E-state index in [-0.39, 0.29) is 6.04 Å². The highest BCUT2D eigenvalue weighted by atomic mass is 16.5. The van der Waals surface area contributed by atoms with E-state index in [4.69, 9.17) is 4.74 Å². The van der Waals surface area contributed by atoms with Gasteiger partial charge in [-0.15, -0.1) is 0 Å². The van der Waals surface area contributed by atoms with Gasteiger partial charge in [0.1, 0.15) is 5.75 Å². The number of ether oxygens (including phenoxy) is 1. The molecule has 5 nitrogen and oxygen atoms in total. The summed E-state index contributed by atoms with van der Waals surface area (Å²) in [5, 5.41) is 6.68. The molecule has 0 saturated carbocycles. The molecule has 1 aliphatic heterocycles. The molecule has 0 aliphatic carbocycles. The highest BCUT2D eigenvalue weighted by molar-refractivity contribution is 5.80. The van der Waals surface area contributed by atoms with Crippen LogP contribution >= 0.6 is 0 Å². The zero-order valence-electron chi connectivity index (χ0n) is 12.5. The summed E-state index contributed by atoms with van der Waals surface area (Å²) in [6.45, 7) is 2.71. The van der Waals surface area contributed by atoms with Crippen LogP contribution in [-0.2, 0) is 0 Å². The van der Waals surface area contributed by atoms with Crippen LogP contribution in [0.1, 0.15) is 18.0 Å². The molecule has 0 radical (unpaired) electrons. The molecule has 0 aromatic heterocycles. The molecule has 0 bridgehead atoms. The van der Waals surface area contributed by atoms with Gasteiger partial charge in [0.05, 0.1) is 13.2 Å². The van der Waals surface area contributed by atoms with Crippen molar-refractivity contribution >= 4 is 5.96 Å². The number of benzene rings is 1. The molecule has 2 N–H and O–H groups in total. The molecule has 1 heterocycles. The van der Waals surface area contributed by atoms with Gasteiger partial charge in [0.25, 0.3) is 0 Å². The first-order valence-corrected chi connectivity index (χ1v) is 7.03. The Morgan fingerprint density at radius 3 is 2.95 bits per heavy atom. The summed E-state index contributed by atoms with van der Waals surface area (Å²) in [5.41, 5.74) is 1.23. The molecule has 0 fully saturated rings. The van der Waals surface area contributed by atoms with Crippen LogP contribution in [0.4, 0.5) is 0 Å². The number of nitrogens with zero attached hydrogens (tertiary/aromatic N) is 2. The maximum atomic E-state index is 5.30. The monoisotopic (exact) mass is 276 g/mol. The number of hydrogen-bond donors (Lipinski definition) is 2. The van der Waals surface area contributed by atoms with Crippen molar-refractivity contribution in [1.82, 2.24) is 15.5 Å². The van der Waals surface area contributed by atoms with Crippen molar-refractivity contribution in [3.05, 3.63) is 29.8 Å². The fraction of sp³-hybridized carbons (Fsp3) is 0.533. The molecule has 0 spiro atoms. The third-order valence-electron chi connectivity index (χ3n) is 3.46. The summed E-state index contributed by atoms with van der Waals surface area (Å²) in [6.07, 6.45) is 1.11. The zero-order valence-corrected chi connectivity index (χ0v) is 12.5. The molecule has 1 aliphatic rings. The summed E-state index contributed by atoms with van der Waals surface area (Å²) in [6, 6.07) is 8.49. The van der Waals surface area contributed by atoms with E-state index >= 15 is 0 Å². The van der Waals surface area contributed by atoms with Crippen LogP contribution in [0.3, 0.4) is 0 Å². The van der Waals surface area contributed by atoms with Crippen LogP contribution in [0.25, 0.3) is 0 Å². The lowest BCUT2D eigenvalue weighted by Crippen LogP contribution is -2.44. The van der Waals surface area contributed by atoms with E-state index in [1.165, 1.54) is 5.56 Å². The SMILES string of the molecule is COc1cccc(C(CNC2=NCCCN2)N(C)C)c1. The Balaban J connectivity index is 2.04. The largest absolute Gasteiger partial charge is 0.497 e. The van der Waals surface area contributed by atoms with Gasteiger partial charge in [-0.05, 0) is 38.2 Å². The topological polar surface area (TPSA) is 48.9 Å². The first-order valence-electron chi connectivity index (χ1n) is 7.03. The minimum Gasteiger partial charge on any atom is -0.497 e. The molecular formula is C15H24N4O. The average Bonchev–Trinajstić information content (AvgIpc) is 2.48. The smallest absolute Gasteiger partial charge is 0.191 e. The van der Waals surface area contributed by atoms with E-state index in [9.17, 15) is 0 Å². The Kier molecular flexibility index (Phi) is 5.24. The minimum absolute atomic E-state index is 0.275. The van der Waals surface area contributed by atoms with Crippen molar-refractivity contribution in [3.63, 3.8) is 0 Å². The highest BCUT2D eigenvalue weighted by Gasteiger charge is 2.15. The van der Waals surface area contributed by atoms with Crippen molar-refractivity contribution in [3.8, 4) is 5.75 Å². The van der Waals surface area contributed by atoms with Crippen LogP contribution in [0.2, 0.25) is 0 Å². The normalized spacial score (nSPS) is 16.3. The van der Waals surface area contributed by atoms with Crippen LogP contribution in [0.5, 0.6) is 5.75 Å². The molecule has 1 aromatic carbocycles. The Morgan fingerprint density at radius 2 is 2.30 bits per heavy atom. The van der Waals surface area contributed by atoms with Gasteiger partial charge >= 0.3 is 0 Å². The zero-order chi connectivity index (χ0) is 14.4. The lowest BCUT2D eigenvalue weighted by Gasteiger charge is -2.27. The van der Waals surface area contributed by atoms with E-state index in [2.05, 4.69) is 46.8 Å². The number of rotatable bonds is 5. The number of likely N-dealkylation sites (N-methyl/N-ethyl adjacent to an activating group) is 1. The van der Waals surface area contributed by atoms with Crippen LogP contribution in [0, 0.1) is 0 Å². The Hall–Kier alpha value is -1.75. The van der Waals surface area contributed by atoms with Crippen LogP contribution in [-0.4, -0.2) is 51.7 Å². The molecule has 1 unspecified atom stereocenters. The van der Waals surface area contributed by atoms with Crippen molar-refractivity contribution < 1.29 is 4.74 Å². The second kappa shape index (κ2) is 7.14. The second-order valence-corrected chi connectivity index (χ2v) is 5.15. The molecular weight excluding hydrogens is 252 g/mol. The minimum atomic E-state index is 0.275. The van der Waals surface area contributed by atoms with E-state index < -0.39 is 0 Å². The molecule has 110 valence electrons. The van der Waals surface area contributed by atoms with Crippen molar-refractivity contribution in [2.75, 3.05) is 40.8 Å². The van der Waals surface area contributed by atoms with Crippen molar-refractivity contribution in [1.29, 1.82) is 0 Å². The molecule has 1 aromatic rings. The summed E-state index contributed by atoms with van der Waals surface area (Å²) < 4.78 is 5.30. The third-order valence-corrected chi connectivity index (χ3v) is 3.46. The van der Waals surface area contributed by atoms with E-state index in [1.807, 2.05) is 12.1 Å². The van der Waals surface area contributed by atoms with Gasteiger partial charge in [-0.2, -0.15) is 0 Å². The maximum Gasteiger partial charge on any atom is 0.191 e. The Bertz CT molecular complexity index is 459. The van der Waals surface area contributed by atoms with Gasteiger partial charge in [-0.25, -0.2) is 0 Å². The average molecular weight is 276 g/mol. The number of aliphatic imine (C=N–C) groups is 1. The summed E-state index contributed by atoms with van der Waals surface area (Å²) in [5.74, 6) is 1.80. The predicted octanol–water partition coefficient (Wildman–Crippen LogP) is 1.24. The first kappa shape index (κ1) is 14.7. The van der Waals surface area contributed by atoms with E-state index in [1.54, 1.807) is 7.11 Å². The summed E-state index contributed by atoms with van der Waals surface area (Å²) >= 11 is 0.